The lowest BCUT2D eigenvalue weighted by molar-refractivity contribution is 0.171. The van der Waals surface area contributed by atoms with Crippen LogP contribution in [0.25, 0.3) is 0 Å². The molecule has 22 heavy (non-hydrogen) atoms. The molecule has 1 atom stereocenters. The maximum atomic E-state index is 9.17. The third kappa shape index (κ3) is 5.60. The van der Waals surface area contributed by atoms with Crippen LogP contribution in [0, 0.1) is 11.3 Å². The van der Waals surface area contributed by atoms with Crippen molar-refractivity contribution in [3.05, 3.63) is 28.2 Å². The second-order valence-corrected chi connectivity index (χ2v) is 5.69. The Morgan fingerprint density at radius 1 is 1.36 bits per heavy atom. The minimum atomic E-state index is 0. The summed E-state index contributed by atoms with van der Waals surface area (Å²) in [6.45, 7) is 6.49. The highest BCUT2D eigenvalue weighted by atomic mass is 79.9. The van der Waals surface area contributed by atoms with Crippen LogP contribution < -0.4 is 10.1 Å². The van der Waals surface area contributed by atoms with Crippen molar-refractivity contribution in [2.24, 2.45) is 0 Å². The zero-order valence-electron chi connectivity index (χ0n) is 12.5. The molecule has 1 aromatic rings. The Kier molecular flexibility index (Phi) is 10.8. The molecule has 1 heterocycles. The van der Waals surface area contributed by atoms with Crippen molar-refractivity contribution < 1.29 is 4.74 Å². The van der Waals surface area contributed by atoms with Crippen molar-refractivity contribution in [1.82, 2.24) is 10.2 Å². The fourth-order valence-electron chi connectivity index (χ4n) is 2.58. The lowest BCUT2D eigenvalue weighted by atomic mass is 10.0. The van der Waals surface area contributed by atoms with Gasteiger partial charge in [-0.05, 0) is 25.1 Å². The van der Waals surface area contributed by atoms with Crippen molar-refractivity contribution in [3.63, 3.8) is 0 Å². The molecule has 0 radical (unpaired) electrons. The topological polar surface area (TPSA) is 48.3 Å². The van der Waals surface area contributed by atoms with Crippen LogP contribution in [0.15, 0.2) is 22.7 Å². The van der Waals surface area contributed by atoms with Crippen molar-refractivity contribution in [2.45, 2.75) is 19.4 Å². The highest BCUT2D eigenvalue weighted by molar-refractivity contribution is 9.10. The van der Waals surface area contributed by atoms with Crippen molar-refractivity contribution >= 4 is 40.7 Å². The molecule has 0 aromatic heterocycles. The summed E-state index contributed by atoms with van der Waals surface area (Å²) < 4.78 is 6.76. The maximum Gasteiger partial charge on any atom is 0.124 e. The average Bonchev–Trinajstić information content (AvgIpc) is 2.48. The fraction of sp³-hybridized carbons (Fsp3) is 0.533. The first-order chi connectivity index (χ1) is 9.76. The number of hydrogen-bond donors (Lipinski definition) is 1. The molecule has 1 aliphatic rings. The largest absolute Gasteiger partial charge is 0.494 e. The minimum Gasteiger partial charge on any atom is -0.494 e. The number of nitriles is 1. The van der Waals surface area contributed by atoms with Crippen LogP contribution in [0.3, 0.4) is 0 Å². The summed E-state index contributed by atoms with van der Waals surface area (Å²) >= 11 is 3.52. The van der Waals surface area contributed by atoms with E-state index in [2.05, 4.69) is 38.3 Å². The molecular weight excluding hydrogens is 389 g/mol. The van der Waals surface area contributed by atoms with Gasteiger partial charge in [-0.15, -0.1) is 24.8 Å². The van der Waals surface area contributed by atoms with Gasteiger partial charge in [0.1, 0.15) is 5.75 Å². The van der Waals surface area contributed by atoms with Crippen LogP contribution in [-0.4, -0.2) is 37.7 Å². The van der Waals surface area contributed by atoms with E-state index in [1.54, 1.807) is 0 Å². The van der Waals surface area contributed by atoms with Gasteiger partial charge in [-0.25, -0.2) is 0 Å². The van der Waals surface area contributed by atoms with E-state index in [9.17, 15) is 5.26 Å². The SMILES string of the molecule is CCOc1ccc(Br)cc1[C@@H](CC#N)N1CCNCC1.Cl.Cl. The standard InChI is InChI=1S/C15H20BrN3O.2ClH/c1-2-20-15-4-3-12(16)11-13(15)14(5-6-17)19-9-7-18-8-10-19;;/h3-4,11,14,18H,2,5,7-10H2,1H3;2*1H/t14-;;/m1../s1. The molecule has 0 amide bonds. The lowest BCUT2D eigenvalue weighted by Gasteiger charge is -2.34. The number of rotatable bonds is 5. The summed E-state index contributed by atoms with van der Waals surface area (Å²) in [6.07, 6.45) is 0.483. The van der Waals surface area contributed by atoms with Crippen LogP contribution in [-0.2, 0) is 0 Å². The van der Waals surface area contributed by atoms with E-state index in [-0.39, 0.29) is 30.9 Å². The first kappa shape index (κ1) is 21.5. The Balaban J connectivity index is 0.00000220. The minimum absolute atomic E-state index is 0. The van der Waals surface area contributed by atoms with E-state index >= 15 is 0 Å². The van der Waals surface area contributed by atoms with E-state index in [0.717, 1.165) is 42.0 Å². The summed E-state index contributed by atoms with van der Waals surface area (Å²) in [5.74, 6) is 0.884. The maximum absolute atomic E-state index is 9.17. The number of piperazine rings is 1. The monoisotopic (exact) mass is 409 g/mol. The van der Waals surface area contributed by atoms with Crippen LogP contribution in [0.5, 0.6) is 5.75 Å². The average molecular weight is 411 g/mol. The van der Waals surface area contributed by atoms with Gasteiger partial charge in [0.2, 0.25) is 0 Å². The van der Waals surface area contributed by atoms with Gasteiger partial charge in [-0.1, -0.05) is 15.9 Å². The molecule has 0 aliphatic carbocycles. The van der Waals surface area contributed by atoms with E-state index in [4.69, 9.17) is 4.74 Å². The second-order valence-electron chi connectivity index (χ2n) is 4.78. The molecule has 1 aliphatic heterocycles. The first-order valence-corrected chi connectivity index (χ1v) is 7.79. The molecule has 0 bridgehead atoms. The predicted molar refractivity (Wildman–Crippen MR) is 97.2 cm³/mol. The molecule has 1 saturated heterocycles. The Morgan fingerprint density at radius 2 is 2.05 bits per heavy atom. The fourth-order valence-corrected chi connectivity index (χ4v) is 2.96. The van der Waals surface area contributed by atoms with Crippen LogP contribution in [0.2, 0.25) is 0 Å². The number of nitrogens with zero attached hydrogens (tertiary/aromatic N) is 2. The Labute approximate surface area is 153 Å². The molecule has 124 valence electrons. The highest BCUT2D eigenvalue weighted by Crippen LogP contribution is 2.34. The summed E-state index contributed by atoms with van der Waals surface area (Å²) in [5, 5.41) is 12.5. The third-order valence-electron chi connectivity index (χ3n) is 3.51. The van der Waals surface area contributed by atoms with Gasteiger partial charge in [0, 0.05) is 36.2 Å². The Morgan fingerprint density at radius 3 is 2.64 bits per heavy atom. The van der Waals surface area contributed by atoms with Gasteiger partial charge in [0.05, 0.1) is 25.1 Å². The molecule has 1 fully saturated rings. The molecule has 4 nitrogen and oxygen atoms in total. The number of nitrogens with one attached hydrogen (secondary N) is 1. The van der Waals surface area contributed by atoms with Crippen LogP contribution in [0.1, 0.15) is 24.9 Å². The molecule has 2 rings (SSSR count). The van der Waals surface area contributed by atoms with Gasteiger partial charge in [0.15, 0.2) is 0 Å². The van der Waals surface area contributed by atoms with Gasteiger partial charge in [-0.3, -0.25) is 4.90 Å². The number of benzene rings is 1. The molecule has 7 heteroatoms. The van der Waals surface area contributed by atoms with E-state index in [1.165, 1.54) is 0 Å². The smallest absolute Gasteiger partial charge is 0.124 e. The Bertz CT molecular complexity index is 490. The molecule has 0 unspecified atom stereocenters. The van der Waals surface area contributed by atoms with Gasteiger partial charge in [-0.2, -0.15) is 5.26 Å². The molecular formula is C15H22BrCl2N3O. The first-order valence-electron chi connectivity index (χ1n) is 7.00. The van der Waals surface area contributed by atoms with E-state index < -0.39 is 0 Å². The second kappa shape index (κ2) is 11.1. The van der Waals surface area contributed by atoms with Crippen molar-refractivity contribution in [1.29, 1.82) is 5.26 Å². The van der Waals surface area contributed by atoms with E-state index in [0.29, 0.717) is 13.0 Å². The normalized spacial score (nSPS) is 15.9. The number of hydrogen-bond acceptors (Lipinski definition) is 4. The zero-order chi connectivity index (χ0) is 14.4. The molecule has 1 N–H and O–H groups in total. The van der Waals surface area contributed by atoms with Crippen LogP contribution in [0.4, 0.5) is 0 Å². The zero-order valence-corrected chi connectivity index (χ0v) is 15.8. The molecule has 0 spiro atoms. The third-order valence-corrected chi connectivity index (χ3v) is 4.00. The van der Waals surface area contributed by atoms with Gasteiger partial charge >= 0.3 is 0 Å². The summed E-state index contributed by atoms with van der Waals surface area (Å²) in [4.78, 5) is 2.37. The summed E-state index contributed by atoms with van der Waals surface area (Å²) in [7, 11) is 0. The molecule has 1 aromatic carbocycles. The van der Waals surface area contributed by atoms with Crippen molar-refractivity contribution in [3.8, 4) is 11.8 Å². The van der Waals surface area contributed by atoms with E-state index in [1.807, 2.05) is 19.1 Å². The molecule has 0 saturated carbocycles. The van der Waals surface area contributed by atoms with Gasteiger partial charge in [0.25, 0.3) is 0 Å². The highest BCUT2D eigenvalue weighted by Gasteiger charge is 2.25. The quantitative estimate of drug-likeness (QED) is 0.806. The van der Waals surface area contributed by atoms with Gasteiger partial charge < -0.3 is 10.1 Å². The summed E-state index contributed by atoms with van der Waals surface area (Å²) in [6, 6.07) is 8.46. The lowest BCUT2D eigenvalue weighted by Crippen LogP contribution is -2.45. The van der Waals surface area contributed by atoms with Crippen molar-refractivity contribution in [2.75, 3.05) is 32.8 Å². The predicted octanol–water partition coefficient (Wildman–Crippen LogP) is 3.55. The number of ether oxygens (including phenoxy) is 1. The number of halogens is 3. The summed E-state index contributed by atoms with van der Waals surface area (Å²) in [5.41, 5.74) is 1.10. The van der Waals surface area contributed by atoms with Crippen LogP contribution >= 0.6 is 40.7 Å². The Hall–Kier alpha value is -0.510.